The molecule has 4 aromatic rings. The molecule has 1 aliphatic heterocycles. The molecule has 12 heteroatoms. The Morgan fingerprint density at radius 1 is 1.07 bits per heavy atom. The molecule has 0 radical (unpaired) electrons. The van der Waals surface area contributed by atoms with Crippen LogP contribution in [0.2, 0.25) is 10.0 Å². The summed E-state index contributed by atoms with van der Waals surface area (Å²) in [5.41, 5.74) is 2.59. The van der Waals surface area contributed by atoms with E-state index in [0.29, 0.717) is 64.3 Å². The Bertz CT molecular complexity index is 2010. The van der Waals surface area contributed by atoms with Gasteiger partial charge in [0, 0.05) is 21.2 Å². The molecule has 0 spiro atoms. The van der Waals surface area contributed by atoms with Crippen LogP contribution in [-0.4, -0.2) is 31.4 Å². The second kappa shape index (κ2) is 14.9. The van der Waals surface area contributed by atoms with Gasteiger partial charge in [0.05, 0.1) is 41.1 Å². The molecular weight excluding hydrogens is 715 g/mol. The maximum Gasteiger partial charge on any atom is 0.338 e. The molecule has 0 saturated carbocycles. The molecule has 0 fully saturated rings. The van der Waals surface area contributed by atoms with E-state index in [4.69, 9.17) is 47.1 Å². The van der Waals surface area contributed by atoms with Crippen LogP contribution < -0.4 is 29.1 Å². The summed E-state index contributed by atoms with van der Waals surface area (Å²) < 4.78 is 25.5. The van der Waals surface area contributed by atoms with Gasteiger partial charge in [-0.05, 0) is 77.3 Å². The van der Waals surface area contributed by atoms with Crippen molar-refractivity contribution < 1.29 is 23.7 Å². The van der Waals surface area contributed by atoms with Crippen molar-refractivity contribution in [3.8, 4) is 17.2 Å². The molecule has 0 aliphatic carbocycles. The van der Waals surface area contributed by atoms with Crippen molar-refractivity contribution in [3.63, 3.8) is 0 Å². The van der Waals surface area contributed by atoms with Crippen LogP contribution in [0.1, 0.15) is 49.4 Å². The minimum absolute atomic E-state index is 0.167. The number of allylic oxidation sites excluding steroid dienone is 1. The van der Waals surface area contributed by atoms with Gasteiger partial charge >= 0.3 is 5.97 Å². The molecule has 3 aromatic carbocycles. The predicted molar refractivity (Wildman–Crippen MR) is 184 cm³/mol. The first-order chi connectivity index (χ1) is 22.2. The van der Waals surface area contributed by atoms with Crippen LogP contribution in [0.5, 0.6) is 17.2 Å². The van der Waals surface area contributed by atoms with Crippen LogP contribution in [0.25, 0.3) is 6.08 Å². The van der Waals surface area contributed by atoms with Crippen LogP contribution in [0.15, 0.2) is 80.1 Å². The highest BCUT2D eigenvalue weighted by molar-refractivity contribution is 9.10. The Hall–Kier alpha value is -3.57. The van der Waals surface area contributed by atoms with Gasteiger partial charge in [-0.25, -0.2) is 9.79 Å². The molecule has 0 amide bonds. The number of rotatable bonds is 11. The van der Waals surface area contributed by atoms with Crippen molar-refractivity contribution in [2.75, 3.05) is 20.8 Å². The molecule has 0 saturated heterocycles. The summed E-state index contributed by atoms with van der Waals surface area (Å²) in [5, 5.41) is 1.04. The number of carbonyl (C=O) groups is 1. The number of carbonyl (C=O) groups excluding carboxylic acids is 1. The zero-order valence-corrected chi connectivity index (χ0v) is 29.5. The van der Waals surface area contributed by atoms with Crippen molar-refractivity contribution in [2.24, 2.45) is 4.99 Å². The van der Waals surface area contributed by atoms with E-state index in [2.05, 4.69) is 15.9 Å². The van der Waals surface area contributed by atoms with Gasteiger partial charge in [0.1, 0.15) is 18.4 Å². The molecule has 0 unspecified atom stereocenters. The summed E-state index contributed by atoms with van der Waals surface area (Å²) >= 11 is 17.6. The fraction of sp³-hybridized carbons (Fsp3) is 0.265. The number of hydrogen-bond acceptors (Lipinski definition) is 8. The lowest BCUT2D eigenvalue weighted by Gasteiger charge is -2.27. The molecule has 5 rings (SSSR count). The third-order valence-corrected chi connectivity index (χ3v) is 9.43. The van der Waals surface area contributed by atoms with E-state index in [1.807, 2.05) is 31.2 Å². The third-order valence-electron chi connectivity index (χ3n) is 7.26. The Morgan fingerprint density at radius 3 is 2.52 bits per heavy atom. The summed E-state index contributed by atoms with van der Waals surface area (Å²) in [6, 6.07) is 15.3. The van der Waals surface area contributed by atoms with Gasteiger partial charge in [0.25, 0.3) is 5.56 Å². The minimum Gasteiger partial charge on any atom is -0.496 e. The zero-order chi connectivity index (χ0) is 33.0. The Labute approximate surface area is 288 Å². The Balaban J connectivity index is 1.65. The van der Waals surface area contributed by atoms with E-state index >= 15 is 0 Å². The number of thiazole rings is 1. The topological polar surface area (TPSA) is 88.4 Å². The zero-order valence-electron chi connectivity index (χ0n) is 25.6. The molecule has 46 heavy (non-hydrogen) atoms. The fourth-order valence-electron chi connectivity index (χ4n) is 5.21. The summed E-state index contributed by atoms with van der Waals surface area (Å²) in [7, 11) is 3.08. The third kappa shape index (κ3) is 6.90. The monoisotopic (exact) mass is 744 g/mol. The van der Waals surface area contributed by atoms with E-state index in [-0.39, 0.29) is 24.3 Å². The summed E-state index contributed by atoms with van der Waals surface area (Å²) in [4.78, 5) is 33.0. The first-order valence-electron chi connectivity index (χ1n) is 14.5. The van der Waals surface area contributed by atoms with Gasteiger partial charge < -0.3 is 18.9 Å². The Kier molecular flexibility index (Phi) is 10.9. The lowest BCUT2D eigenvalue weighted by molar-refractivity contribution is -0.139. The van der Waals surface area contributed by atoms with Crippen LogP contribution in [-0.2, 0) is 16.1 Å². The number of halogens is 3. The van der Waals surface area contributed by atoms with Crippen LogP contribution in [0.4, 0.5) is 0 Å². The number of aromatic nitrogens is 1. The lowest BCUT2D eigenvalue weighted by Crippen LogP contribution is -2.40. The highest BCUT2D eigenvalue weighted by Gasteiger charge is 2.36. The fourth-order valence-corrected chi connectivity index (χ4v) is 7.18. The van der Waals surface area contributed by atoms with E-state index in [0.717, 1.165) is 12.0 Å². The van der Waals surface area contributed by atoms with Crippen molar-refractivity contribution in [2.45, 2.75) is 39.3 Å². The number of fused-ring (bicyclic) bond motifs is 1. The van der Waals surface area contributed by atoms with Crippen LogP contribution >= 0.6 is 50.5 Å². The van der Waals surface area contributed by atoms with Gasteiger partial charge in [-0.1, -0.05) is 66.1 Å². The quantitative estimate of drug-likeness (QED) is 0.151. The Morgan fingerprint density at radius 2 is 1.83 bits per heavy atom. The molecule has 240 valence electrons. The normalized spacial score (nSPS) is 14.5. The summed E-state index contributed by atoms with van der Waals surface area (Å²) in [5.74, 6) is 0.899. The number of ether oxygens (including phenoxy) is 4. The van der Waals surface area contributed by atoms with Crippen molar-refractivity contribution in [1.29, 1.82) is 0 Å². The number of methoxy groups -OCH3 is 2. The van der Waals surface area contributed by atoms with Gasteiger partial charge in [-0.2, -0.15) is 0 Å². The van der Waals surface area contributed by atoms with Crippen molar-refractivity contribution in [1.82, 2.24) is 4.57 Å². The highest BCUT2D eigenvalue weighted by Crippen LogP contribution is 2.39. The van der Waals surface area contributed by atoms with Gasteiger partial charge in [-0.15, -0.1) is 0 Å². The molecule has 1 atom stereocenters. The molecule has 0 N–H and O–H groups in total. The maximum atomic E-state index is 14.2. The molecule has 0 bridgehead atoms. The van der Waals surface area contributed by atoms with Crippen LogP contribution in [0, 0.1) is 0 Å². The van der Waals surface area contributed by atoms with E-state index in [1.54, 1.807) is 50.4 Å². The standard InChI is InChI=1S/C34H31BrCl2N2O6S/c1-5-9-25-29(33(41)44-6-2)30(22-17-21(36)12-13-26(22)42-3)39-32(40)28(46-34(39)38-25)16-19-14-23(35)31(27(15-19)43-4)45-18-20-10-7-8-11-24(20)37/h7-8,10-17,30H,5-6,9,18H2,1-4H3/b28-16+/t30-/m1/s1. The number of nitrogens with zero attached hydrogens (tertiary/aromatic N) is 2. The molecule has 8 nitrogen and oxygen atoms in total. The second-order valence-corrected chi connectivity index (χ2v) is 12.9. The van der Waals surface area contributed by atoms with Gasteiger partial charge in [-0.3, -0.25) is 9.36 Å². The largest absolute Gasteiger partial charge is 0.496 e. The van der Waals surface area contributed by atoms with Gasteiger partial charge in [0.15, 0.2) is 16.3 Å². The smallest absolute Gasteiger partial charge is 0.338 e. The average Bonchev–Trinajstić information content (AvgIpc) is 3.34. The molecule has 1 aliphatic rings. The molecule has 2 heterocycles. The van der Waals surface area contributed by atoms with E-state index in [1.165, 1.54) is 23.0 Å². The molecular formula is C34H31BrCl2N2O6S. The van der Waals surface area contributed by atoms with Gasteiger partial charge in [0.2, 0.25) is 0 Å². The van der Waals surface area contributed by atoms with E-state index < -0.39 is 12.0 Å². The maximum absolute atomic E-state index is 14.2. The number of esters is 1. The predicted octanol–water partition coefficient (Wildman–Crippen LogP) is 7.24. The number of benzene rings is 3. The number of hydrogen-bond donors (Lipinski definition) is 0. The lowest BCUT2D eigenvalue weighted by atomic mass is 9.93. The highest BCUT2D eigenvalue weighted by atomic mass is 79.9. The summed E-state index contributed by atoms with van der Waals surface area (Å²) in [6.07, 6.45) is 3.00. The second-order valence-electron chi connectivity index (χ2n) is 10.2. The van der Waals surface area contributed by atoms with Crippen LogP contribution in [0.3, 0.4) is 0 Å². The first kappa shape index (κ1) is 33.8. The average molecular weight is 747 g/mol. The summed E-state index contributed by atoms with van der Waals surface area (Å²) in [6.45, 7) is 4.15. The van der Waals surface area contributed by atoms with Crippen molar-refractivity contribution in [3.05, 3.63) is 117 Å². The minimum atomic E-state index is -0.866. The first-order valence-corrected chi connectivity index (χ1v) is 16.9. The SMILES string of the molecule is CCCC1=C(C(=O)OCC)[C@@H](c2cc(Cl)ccc2OC)n2c(s/c(=C/c3cc(Br)c(OCc4ccccc4Cl)c(OC)c3)c2=O)=N1. The van der Waals surface area contributed by atoms with Crippen molar-refractivity contribution >= 4 is 62.5 Å². The van der Waals surface area contributed by atoms with E-state index in [9.17, 15) is 9.59 Å². The molecule has 1 aromatic heterocycles.